The van der Waals surface area contributed by atoms with Crippen molar-refractivity contribution in [3.8, 4) is 11.8 Å². The molecule has 0 aromatic heterocycles. The maximum atomic E-state index is 10.4. The molecule has 0 bridgehead atoms. The van der Waals surface area contributed by atoms with E-state index in [0.717, 1.165) is 31.2 Å². The van der Waals surface area contributed by atoms with Gasteiger partial charge in [0.05, 0.1) is 17.2 Å². The van der Waals surface area contributed by atoms with Gasteiger partial charge in [0, 0.05) is 6.42 Å². The summed E-state index contributed by atoms with van der Waals surface area (Å²) in [4.78, 5) is 0. The van der Waals surface area contributed by atoms with Crippen molar-refractivity contribution >= 4 is 0 Å². The Morgan fingerprint density at radius 1 is 1.24 bits per heavy atom. The van der Waals surface area contributed by atoms with Crippen LogP contribution in [-0.2, 0) is 6.42 Å². The molecule has 0 radical (unpaired) electrons. The van der Waals surface area contributed by atoms with Crippen LogP contribution in [0, 0.1) is 11.3 Å². The molecule has 1 saturated carbocycles. The minimum atomic E-state index is -0.666. The lowest BCUT2D eigenvalue weighted by Gasteiger charge is -2.32. The number of phenolic OH excluding ortho intramolecular Hbond substituents is 1. The zero-order valence-electron chi connectivity index (χ0n) is 9.82. The Hall–Kier alpha value is -1.53. The van der Waals surface area contributed by atoms with Crippen LogP contribution < -0.4 is 0 Å². The second-order valence-corrected chi connectivity index (χ2v) is 4.92. The largest absolute Gasteiger partial charge is 0.508 e. The first kappa shape index (κ1) is 11.9. The number of phenols is 1. The van der Waals surface area contributed by atoms with Gasteiger partial charge in [-0.25, -0.2) is 0 Å². The number of hydrogen-bond donors (Lipinski definition) is 2. The molecular weight excluding hydrogens is 214 g/mol. The van der Waals surface area contributed by atoms with E-state index in [-0.39, 0.29) is 5.75 Å². The second-order valence-electron chi connectivity index (χ2n) is 4.92. The molecule has 0 unspecified atom stereocenters. The van der Waals surface area contributed by atoms with Crippen LogP contribution in [0.25, 0.3) is 0 Å². The summed E-state index contributed by atoms with van der Waals surface area (Å²) < 4.78 is 0. The van der Waals surface area contributed by atoms with Gasteiger partial charge in [0.15, 0.2) is 0 Å². The van der Waals surface area contributed by atoms with Crippen LogP contribution in [0.2, 0.25) is 0 Å². The first-order valence-corrected chi connectivity index (χ1v) is 6.07. The summed E-state index contributed by atoms with van der Waals surface area (Å²) in [6.07, 6.45) is 5.41. The highest BCUT2D eigenvalue weighted by Crippen LogP contribution is 2.32. The van der Waals surface area contributed by atoms with Gasteiger partial charge in [-0.3, -0.25) is 0 Å². The minimum absolute atomic E-state index is 0.0981. The Labute approximate surface area is 101 Å². The van der Waals surface area contributed by atoms with Crippen LogP contribution in [0.1, 0.15) is 43.2 Å². The lowest BCUT2D eigenvalue weighted by molar-refractivity contribution is 0.00442. The normalized spacial score (nSPS) is 18.6. The Morgan fingerprint density at radius 2 is 1.94 bits per heavy atom. The fourth-order valence-corrected chi connectivity index (χ4v) is 2.56. The summed E-state index contributed by atoms with van der Waals surface area (Å²) in [5, 5.41) is 28.8. The Balaban J connectivity index is 2.20. The summed E-state index contributed by atoms with van der Waals surface area (Å²) in [5.41, 5.74) is 0.625. The smallest absolute Gasteiger partial charge is 0.116 e. The molecule has 1 aromatic rings. The number of benzene rings is 1. The van der Waals surface area contributed by atoms with Crippen molar-refractivity contribution in [2.75, 3.05) is 0 Å². The Morgan fingerprint density at radius 3 is 2.59 bits per heavy atom. The predicted octanol–water partition coefficient (Wildman–Crippen LogP) is 2.50. The Kier molecular flexibility index (Phi) is 3.35. The van der Waals surface area contributed by atoms with Gasteiger partial charge in [-0.15, -0.1) is 0 Å². The van der Waals surface area contributed by atoms with Crippen molar-refractivity contribution < 1.29 is 10.2 Å². The molecule has 17 heavy (non-hydrogen) atoms. The molecule has 0 saturated heterocycles. The van der Waals surface area contributed by atoms with E-state index in [4.69, 9.17) is 5.26 Å². The SMILES string of the molecule is N#Cc1cc(O)ccc1CC1(O)CCCCC1. The molecule has 3 heteroatoms. The average molecular weight is 231 g/mol. The van der Waals surface area contributed by atoms with E-state index in [0.29, 0.717) is 12.0 Å². The van der Waals surface area contributed by atoms with Crippen molar-refractivity contribution in [3.05, 3.63) is 29.3 Å². The zero-order chi connectivity index (χ0) is 12.3. The molecule has 2 N–H and O–H groups in total. The highest BCUT2D eigenvalue weighted by molar-refractivity contribution is 5.43. The van der Waals surface area contributed by atoms with E-state index >= 15 is 0 Å². The van der Waals surface area contributed by atoms with Gasteiger partial charge in [0.1, 0.15) is 5.75 Å². The Bertz CT molecular complexity index is 442. The first-order valence-electron chi connectivity index (χ1n) is 6.07. The maximum Gasteiger partial charge on any atom is 0.116 e. The third kappa shape index (κ3) is 2.78. The first-order chi connectivity index (χ1) is 8.13. The molecule has 0 amide bonds. The molecule has 90 valence electrons. The molecule has 2 rings (SSSR count). The summed E-state index contributed by atoms with van der Waals surface area (Å²) >= 11 is 0. The number of hydrogen-bond acceptors (Lipinski definition) is 3. The van der Waals surface area contributed by atoms with Crippen molar-refractivity contribution in [1.82, 2.24) is 0 Å². The number of rotatable bonds is 2. The van der Waals surface area contributed by atoms with Crippen molar-refractivity contribution in [2.45, 2.75) is 44.1 Å². The van der Waals surface area contributed by atoms with E-state index in [9.17, 15) is 10.2 Å². The van der Waals surface area contributed by atoms with Gasteiger partial charge >= 0.3 is 0 Å². The van der Waals surface area contributed by atoms with E-state index in [1.54, 1.807) is 12.1 Å². The topological polar surface area (TPSA) is 64.2 Å². The van der Waals surface area contributed by atoms with Crippen molar-refractivity contribution in [3.63, 3.8) is 0 Å². The summed E-state index contributed by atoms with van der Waals surface area (Å²) in [6.45, 7) is 0. The maximum absolute atomic E-state index is 10.4. The third-order valence-electron chi connectivity index (χ3n) is 3.52. The van der Waals surface area contributed by atoms with Gasteiger partial charge in [-0.2, -0.15) is 5.26 Å². The molecule has 0 spiro atoms. The van der Waals surface area contributed by atoms with Gasteiger partial charge < -0.3 is 10.2 Å². The van der Waals surface area contributed by atoms with Crippen molar-refractivity contribution in [1.29, 1.82) is 5.26 Å². The summed E-state index contributed by atoms with van der Waals surface area (Å²) in [6, 6.07) is 6.84. The molecule has 1 aliphatic carbocycles. The van der Waals surface area contributed by atoms with E-state index in [2.05, 4.69) is 6.07 Å². The number of aliphatic hydroxyl groups is 1. The van der Waals surface area contributed by atoms with Gasteiger partial charge in [0.2, 0.25) is 0 Å². The number of nitrogens with zero attached hydrogens (tertiary/aromatic N) is 1. The molecule has 3 nitrogen and oxygen atoms in total. The number of nitriles is 1. The molecule has 1 fully saturated rings. The van der Waals surface area contributed by atoms with Crippen LogP contribution in [0.15, 0.2) is 18.2 Å². The fraction of sp³-hybridized carbons (Fsp3) is 0.500. The fourth-order valence-electron chi connectivity index (χ4n) is 2.56. The zero-order valence-corrected chi connectivity index (χ0v) is 9.82. The highest BCUT2D eigenvalue weighted by atomic mass is 16.3. The second kappa shape index (κ2) is 4.77. The predicted molar refractivity (Wildman–Crippen MR) is 64.6 cm³/mol. The van der Waals surface area contributed by atoms with Gasteiger partial charge in [-0.1, -0.05) is 25.3 Å². The molecule has 0 aliphatic heterocycles. The van der Waals surface area contributed by atoms with E-state index in [1.165, 1.54) is 12.5 Å². The summed E-state index contributed by atoms with van der Waals surface area (Å²) in [7, 11) is 0. The summed E-state index contributed by atoms with van der Waals surface area (Å²) in [5.74, 6) is 0.0981. The van der Waals surface area contributed by atoms with Gasteiger partial charge in [-0.05, 0) is 30.5 Å². The molecule has 1 aliphatic rings. The monoisotopic (exact) mass is 231 g/mol. The van der Waals surface area contributed by atoms with Crippen LogP contribution in [0.5, 0.6) is 5.75 Å². The highest BCUT2D eigenvalue weighted by Gasteiger charge is 2.30. The number of aromatic hydroxyl groups is 1. The third-order valence-corrected chi connectivity index (χ3v) is 3.52. The average Bonchev–Trinajstić information content (AvgIpc) is 2.32. The van der Waals surface area contributed by atoms with Crippen molar-refractivity contribution in [2.24, 2.45) is 0 Å². The van der Waals surface area contributed by atoms with Crippen LogP contribution >= 0.6 is 0 Å². The van der Waals surface area contributed by atoms with Crippen LogP contribution in [-0.4, -0.2) is 15.8 Å². The molecule has 0 heterocycles. The standard InChI is InChI=1S/C14H17NO2/c15-10-12-8-13(16)5-4-11(12)9-14(17)6-2-1-3-7-14/h4-5,8,16-17H,1-3,6-7,9H2. The lowest BCUT2D eigenvalue weighted by Crippen LogP contribution is -2.34. The molecule has 0 atom stereocenters. The lowest BCUT2D eigenvalue weighted by atomic mass is 9.80. The minimum Gasteiger partial charge on any atom is -0.508 e. The van der Waals surface area contributed by atoms with Crippen LogP contribution in [0.4, 0.5) is 0 Å². The van der Waals surface area contributed by atoms with E-state index in [1.807, 2.05) is 0 Å². The quantitative estimate of drug-likeness (QED) is 0.822. The van der Waals surface area contributed by atoms with E-state index < -0.39 is 5.60 Å². The molecular formula is C14H17NO2. The molecule has 1 aromatic carbocycles. The van der Waals surface area contributed by atoms with Gasteiger partial charge in [0.25, 0.3) is 0 Å². The van der Waals surface area contributed by atoms with Crippen LogP contribution in [0.3, 0.4) is 0 Å².